The first-order valence-corrected chi connectivity index (χ1v) is 8.98. The van der Waals surface area contributed by atoms with Crippen molar-refractivity contribution in [2.24, 2.45) is 4.99 Å². The Kier molecular flexibility index (Phi) is 6.20. The molecule has 0 aromatic heterocycles. The Morgan fingerprint density at radius 2 is 1.96 bits per heavy atom. The van der Waals surface area contributed by atoms with Gasteiger partial charge in [-0.2, -0.15) is 4.99 Å². The minimum Gasteiger partial charge on any atom is -0.507 e. The Labute approximate surface area is 146 Å². The van der Waals surface area contributed by atoms with Crippen molar-refractivity contribution in [2.75, 3.05) is 13.1 Å². The molecule has 3 rings (SSSR count). The minimum absolute atomic E-state index is 0.0422. The zero-order valence-electron chi connectivity index (χ0n) is 14.2. The average molecular weight is 346 g/mol. The summed E-state index contributed by atoms with van der Waals surface area (Å²) in [5.41, 5.74) is 0.960. The lowest BCUT2D eigenvalue weighted by Crippen LogP contribution is -2.23. The maximum absolute atomic E-state index is 12.0. The van der Waals surface area contributed by atoms with Crippen molar-refractivity contribution in [3.8, 4) is 5.75 Å². The zero-order valence-corrected chi connectivity index (χ0v) is 15.0. The number of phenols is 1. The molecule has 0 radical (unpaired) electrons. The third-order valence-electron chi connectivity index (χ3n) is 3.71. The third-order valence-corrected chi connectivity index (χ3v) is 4.75. The standard InChI is InChI=1S/C16H16N2O3S.C2H6/c1-10(19)11-4-5-13(20)12(8-11)9-14-15(21)17-16(22-14)18-6-2-3-7-18;1-2/h4-5,8-9,20H,2-3,6-7H2,1H3;1-2H3/b14-9-;. The number of phenolic OH excluding ortho intramolecular Hbond substituents is 1. The molecule has 0 spiro atoms. The molecule has 2 heterocycles. The van der Waals surface area contributed by atoms with Crippen LogP contribution in [0.4, 0.5) is 0 Å². The van der Waals surface area contributed by atoms with E-state index in [4.69, 9.17) is 0 Å². The molecule has 1 N–H and O–H groups in total. The van der Waals surface area contributed by atoms with Gasteiger partial charge in [-0.15, -0.1) is 0 Å². The first kappa shape index (κ1) is 18.3. The Hall–Kier alpha value is -2.08. The summed E-state index contributed by atoms with van der Waals surface area (Å²) in [6.07, 6.45) is 3.84. The van der Waals surface area contributed by atoms with E-state index in [9.17, 15) is 14.7 Å². The Morgan fingerprint density at radius 1 is 1.29 bits per heavy atom. The van der Waals surface area contributed by atoms with Gasteiger partial charge in [0.05, 0.1) is 4.91 Å². The number of amides is 1. The predicted molar refractivity (Wildman–Crippen MR) is 98.3 cm³/mol. The number of carbonyl (C=O) groups excluding carboxylic acids is 2. The molecular weight excluding hydrogens is 324 g/mol. The number of aromatic hydroxyl groups is 1. The van der Waals surface area contributed by atoms with Crippen molar-refractivity contribution >= 4 is 34.7 Å². The normalized spacial score (nSPS) is 18.5. The van der Waals surface area contributed by atoms with E-state index in [1.54, 1.807) is 18.2 Å². The van der Waals surface area contributed by atoms with E-state index >= 15 is 0 Å². The highest BCUT2D eigenvalue weighted by Crippen LogP contribution is 2.33. The SMILES string of the molecule is CC.CC(=O)c1ccc(O)c(/C=C2\SC(N3CCCC3)=NC2=O)c1. The summed E-state index contributed by atoms with van der Waals surface area (Å²) >= 11 is 1.33. The highest BCUT2D eigenvalue weighted by Gasteiger charge is 2.27. The number of hydrogen-bond donors (Lipinski definition) is 1. The van der Waals surface area contributed by atoms with Gasteiger partial charge in [0.15, 0.2) is 11.0 Å². The second-order valence-electron chi connectivity index (χ2n) is 5.33. The van der Waals surface area contributed by atoms with Crippen LogP contribution in [-0.2, 0) is 4.79 Å². The van der Waals surface area contributed by atoms with Gasteiger partial charge in [0.1, 0.15) is 5.75 Å². The Morgan fingerprint density at radius 3 is 2.58 bits per heavy atom. The van der Waals surface area contributed by atoms with Crippen LogP contribution in [0.25, 0.3) is 6.08 Å². The number of hydrogen-bond acceptors (Lipinski definition) is 5. The molecule has 1 fully saturated rings. The molecule has 0 saturated carbocycles. The predicted octanol–water partition coefficient (Wildman–Crippen LogP) is 3.69. The smallest absolute Gasteiger partial charge is 0.286 e. The lowest BCUT2D eigenvalue weighted by Gasteiger charge is -2.14. The summed E-state index contributed by atoms with van der Waals surface area (Å²) < 4.78 is 0. The fourth-order valence-electron chi connectivity index (χ4n) is 2.47. The number of amidine groups is 1. The maximum Gasteiger partial charge on any atom is 0.286 e. The maximum atomic E-state index is 12.0. The van der Waals surface area contributed by atoms with Crippen LogP contribution in [0.5, 0.6) is 5.75 Å². The van der Waals surface area contributed by atoms with Crippen LogP contribution >= 0.6 is 11.8 Å². The van der Waals surface area contributed by atoms with Gasteiger partial charge in [-0.25, -0.2) is 0 Å². The van der Waals surface area contributed by atoms with Crippen LogP contribution in [-0.4, -0.2) is 40.0 Å². The number of thioether (sulfide) groups is 1. The first-order chi connectivity index (χ1) is 11.5. The van der Waals surface area contributed by atoms with E-state index < -0.39 is 0 Å². The van der Waals surface area contributed by atoms with Gasteiger partial charge in [0, 0.05) is 24.2 Å². The molecule has 128 valence electrons. The molecule has 0 aliphatic carbocycles. The Bertz CT molecular complexity index is 704. The molecule has 1 amide bonds. The van der Waals surface area contributed by atoms with Crippen LogP contribution in [0, 0.1) is 0 Å². The number of likely N-dealkylation sites (tertiary alicyclic amines) is 1. The fourth-order valence-corrected chi connectivity index (χ4v) is 3.43. The summed E-state index contributed by atoms with van der Waals surface area (Å²) in [4.78, 5) is 30.1. The number of Topliss-reactive ketones (excluding diaryl/α,β-unsaturated/α-hetero) is 1. The monoisotopic (exact) mass is 346 g/mol. The van der Waals surface area contributed by atoms with Gasteiger partial charge in [0.25, 0.3) is 5.91 Å². The summed E-state index contributed by atoms with van der Waals surface area (Å²) in [6.45, 7) is 7.32. The van der Waals surface area contributed by atoms with Gasteiger partial charge in [-0.05, 0) is 55.8 Å². The number of benzene rings is 1. The topological polar surface area (TPSA) is 70.0 Å². The molecule has 5 nitrogen and oxygen atoms in total. The number of nitrogens with zero attached hydrogens (tertiary/aromatic N) is 2. The molecule has 1 aromatic rings. The quantitative estimate of drug-likeness (QED) is 0.653. The molecule has 24 heavy (non-hydrogen) atoms. The van der Waals surface area contributed by atoms with E-state index in [0.29, 0.717) is 16.0 Å². The molecule has 0 bridgehead atoms. The van der Waals surface area contributed by atoms with Gasteiger partial charge >= 0.3 is 0 Å². The van der Waals surface area contributed by atoms with Crippen molar-refractivity contribution in [1.82, 2.24) is 4.90 Å². The lowest BCUT2D eigenvalue weighted by atomic mass is 10.1. The molecule has 0 atom stereocenters. The summed E-state index contributed by atoms with van der Waals surface area (Å²) in [6, 6.07) is 4.62. The second-order valence-corrected chi connectivity index (χ2v) is 6.34. The summed E-state index contributed by atoms with van der Waals surface area (Å²) in [5, 5.41) is 10.6. The second kappa shape index (κ2) is 8.15. The Balaban J connectivity index is 0.00000100. The van der Waals surface area contributed by atoms with E-state index in [-0.39, 0.29) is 17.4 Å². The first-order valence-electron chi connectivity index (χ1n) is 8.16. The van der Waals surface area contributed by atoms with Crippen molar-refractivity contribution in [3.05, 3.63) is 34.2 Å². The van der Waals surface area contributed by atoms with Crippen LogP contribution < -0.4 is 0 Å². The molecule has 0 unspecified atom stereocenters. The number of rotatable bonds is 2. The van der Waals surface area contributed by atoms with Gasteiger partial charge in [-0.1, -0.05) is 13.8 Å². The summed E-state index contributed by atoms with van der Waals surface area (Å²) in [5.74, 6) is -0.334. The zero-order chi connectivity index (χ0) is 17.7. The van der Waals surface area contributed by atoms with E-state index in [1.807, 2.05) is 13.8 Å². The largest absolute Gasteiger partial charge is 0.507 e. The van der Waals surface area contributed by atoms with E-state index in [0.717, 1.165) is 31.1 Å². The molecule has 2 aliphatic heterocycles. The number of aliphatic imine (C=N–C) groups is 1. The van der Waals surface area contributed by atoms with E-state index in [1.165, 1.54) is 24.8 Å². The van der Waals surface area contributed by atoms with Crippen LogP contribution in [0.2, 0.25) is 0 Å². The van der Waals surface area contributed by atoms with Crippen molar-refractivity contribution in [1.29, 1.82) is 0 Å². The highest BCUT2D eigenvalue weighted by atomic mass is 32.2. The fraction of sp³-hybridized carbons (Fsp3) is 0.389. The summed E-state index contributed by atoms with van der Waals surface area (Å²) in [7, 11) is 0. The molecule has 1 saturated heterocycles. The van der Waals surface area contributed by atoms with Gasteiger partial charge < -0.3 is 10.0 Å². The molecule has 1 aromatic carbocycles. The molecule has 2 aliphatic rings. The van der Waals surface area contributed by atoms with Gasteiger partial charge in [0.2, 0.25) is 0 Å². The van der Waals surface area contributed by atoms with Crippen LogP contribution in [0.1, 0.15) is 49.5 Å². The third kappa shape index (κ3) is 4.06. The van der Waals surface area contributed by atoms with Crippen LogP contribution in [0.15, 0.2) is 28.1 Å². The van der Waals surface area contributed by atoms with Crippen molar-refractivity contribution in [3.63, 3.8) is 0 Å². The van der Waals surface area contributed by atoms with Crippen LogP contribution in [0.3, 0.4) is 0 Å². The lowest BCUT2D eigenvalue weighted by molar-refractivity contribution is -0.113. The highest BCUT2D eigenvalue weighted by molar-refractivity contribution is 8.18. The van der Waals surface area contributed by atoms with Crippen molar-refractivity contribution < 1.29 is 14.7 Å². The molecule has 6 heteroatoms. The van der Waals surface area contributed by atoms with E-state index in [2.05, 4.69) is 9.89 Å². The molecular formula is C18H22N2O3S. The van der Waals surface area contributed by atoms with Gasteiger partial charge in [-0.3, -0.25) is 9.59 Å². The number of ketones is 1. The average Bonchev–Trinajstić information content (AvgIpc) is 3.21. The number of carbonyl (C=O) groups is 2. The minimum atomic E-state index is -0.292. The van der Waals surface area contributed by atoms with Crippen molar-refractivity contribution in [2.45, 2.75) is 33.6 Å².